The first-order chi connectivity index (χ1) is 10.8. The Morgan fingerprint density at radius 1 is 1.14 bits per heavy atom. The van der Waals surface area contributed by atoms with Crippen LogP contribution < -0.4 is 10.6 Å². The molecule has 6 heteroatoms. The maximum Gasteiger partial charge on any atom is 0.153 e. The molecule has 0 spiro atoms. The summed E-state index contributed by atoms with van der Waals surface area (Å²) in [5.41, 5.74) is 1.63. The summed E-state index contributed by atoms with van der Waals surface area (Å²) in [6, 6.07) is 11.7. The summed E-state index contributed by atoms with van der Waals surface area (Å²) >= 11 is 0. The van der Waals surface area contributed by atoms with Crippen LogP contribution in [0.25, 0.3) is 6.20 Å². The van der Waals surface area contributed by atoms with Gasteiger partial charge < -0.3 is 4.90 Å². The van der Waals surface area contributed by atoms with Gasteiger partial charge in [0.25, 0.3) is 0 Å². The van der Waals surface area contributed by atoms with E-state index >= 15 is 0 Å². The van der Waals surface area contributed by atoms with Crippen LogP contribution in [0, 0.1) is 0 Å². The van der Waals surface area contributed by atoms with Crippen LogP contribution in [0.15, 0.2) is 68.3 Å². The zero-order valence-corrected chi connectivity index (χ0v) is 12.2. The highest BCUT2D eigenvalue weighted by molar-refractivity contribution is 7.90. The molecular formula is C16H10N4OS. The van der Waals surface area contributed by atoms with Crippen molar-refractivity contribution in [1.29, 1.82) is 0 Å². The number of fused-ring (bicyclic) bond motifs is 5. The highest BCUT2D eigenvalue weighted by atomic mass is 32.2. The number of nitrogens with zero attached hydrogens (tertiary/aromatic N) is 4. The van der Waals surface area contributed by atoms with Crippen LogP contribution >= 0.6 is 0 Å². The lowest BCUT2D eigenvalue weighted by atomic mass is 10.1. The maximum atomic E-state index is 12.8. The van der Waals surface area contributed by atoms with Crippen LogP contribution in [0.2, 0.25) is 0 Å². The molecule has 106 valence electrons. The molecule has 1 aromatic carbocycles. The van der Waals surface area contributed by atoms with Crippen LogP contribution in [0.1, 0.15) is 5.56 Å². The molecule has 4 heterocycles. The Hall–Kier alpha value is -2.60. The summed E-state index contributed by atoms with van der Waals surface area (Å²) in [6.07, 6.45) is 3.68. The molecule has 0 saturated carbocycles. The highest BCUT2D eigenvalue weighted by Crippen LogP contribution is 2.35. The summed E-state index contributed by atoms with van der Waals surface area (Å²) in [7, 11) is -1.33. The Balaban J connectivity index is 1.83. The molecule has 3 aliphatic heterocycles. The van der Waals surface area contributed by atoms with E-state index < -0.39 is 10.8 Å². The van der Waals surface area contributed by atoms with E-state index in [0.717, 1.165) is 27.7 Å². The SMILES string of the molecule is O=S1C2=C3N=c4ccccc4=CN3CN=C2c2cccnc21. The van der Waals surface area contributed by atoms with E-state index in [-0.39, 0.29) is 0 Å². The summed E-state index contributed by atoms with van der Waals surface area (Å²) in [5.74, 6) is 0.722. The number of aromatic nitrogens is 1. The normalized spacial score (nSPS) is 21.0. The van der Waals surface area contributed by atoms with Crippen molar-refractivity contribution in [2.24, 2.45) is 9.98 Å². The predicted molar refractivity (Wildman–Crippen MR) is 82.6 cm³/mol. The Labute approximate surface area is 128 Å². The maximum absolute atomic E-state index is 12.8. The molecule has 0 saturated heterocycles. The summed E-state index contributed by atoms with van der Waals surface area (Å²) in [6.45, 7) is 0.484. The fourth-order valence-corrected chi connectivity index (χ4v) is 4.31. The van der Waals surface area contributed by atoms with Crippen molar-refractivity contribution in [3.8, 4) is 0 Å². The van der Waals surface area contributed by atoms with E-state index in [1.165, 1.54) is 0 Å². The number of pyridine rings is 1. The highest BCUT2D eigenvalue weighted by Gasteiger charge is 2.38. The van der Waals surface area contributed by atoms with Gasteiger partial charge in [0.15, 0.2) is 5.82 Å². The van der Waals surface area contributed by atoms with E-state index in [9.17, 15) is 4.21 Å². The van der Waals surface area contributed by atoms with Crippen molar-refractivity contribution in [3.05, 3.63) is 69.5 Å². The number of aliphatic imine (C=N–C) groups is 1. The first kappa shape index (κ1) is 12.0. The smallest absolute Gasteiger partial charge is 0.153 e. The zero-order chi connectivity index (χ0) is 14.7. The van der Waals surface area contributed by atoms with E-state index in [0.29, 0.717) is 16.6 Å². The fourth-order valence-electron chi connectivity index (χ4n) is 2.91. The Morgan fingerprint density at radius 2 is 2.05 bits per heavy atom. The minimum Gasteiger partial charge on any atom is -0.311 e. The second-order valence-corrected chi connectivity index (χ2v) is 6.53. The molecule has 0 N–H and O–H groups in total. The zero-order valence-electron chi connectivity index (χ0n) is 11.4. The third kappa shape index (κ3) is 1.47. The third-order valence-electron chi connectivity index (χ3n) is 3.92. The van der Waals surface area contributed by atoms with Gasteiger partial charge >= 0.3 is 0 Å². The molecule has 3 aliphatic rings. The van der Waals surface area contributed by atoms with Crippen molar-refractivity contribution >= 4 is 22.7 Å². The Bertz CT molecular complexity index is 1040. The van der Waals surface area contributed by atoms with Crippen molar-refractivity contribution in [1.82, 2.24) is 9.88 Å². The second kappa shape index (κ2) is 4.20. The van der Waals surface area contributed by atoms with E-state index in [4.69, 9.17) is 4.99 Å². The van der Waals surface area contributed by atoms with E-state index in [1.54, 1.807) is 6.20 Å². The summed E-state index contributed by atoms with van der Waals surface area (Å²) < 4.78 is 12.8. The van der Waals surface area contributed by atoms with Gasteiger partial charge in [-0.1, -0.05) is 18.2 Å². The lowest BCUT2D eigenvalue weighted by molar-refractivity contribution is 0.497. The Kier molecular flexibility index (Phi) is 2.29. The number of allylic oxidation sites excluding steroid dienone is 1. The molecule has 0 amide bonds. The first-order valence-corrected chi connectivity index (χ1v) is 8.06. The molecule has 0 aliphatic carbocycles. The number of hydrogen-bond donors (Lipinski definition) is 0. The number of benzene rings is 1. The molecule has 2 aromatic rings. The minimum atomic E-state index is -1.33. The minimum absolute atomic E-state index is 0.484. The molecule has 0 radical (unpaired) electrons. The van der Waals surface area contributed by atoms with Gasteiger partial charge in [0.1, 0.15) is 27.4 Å². The average Bonchev–Trinajstić information content (AvgIpc) is 2.87. The first-order valence-electron chi connectivity index (χ1n) is 6.91. The average molecular weight is 306 g/mol. The molecule has 5 nitrogen and oxygen atoms in total. The monoisotopic (exact) mass is 306 g/mol. The van der Waals surface area contributed by atoms with Gasteiger partial charge in [0.2, 0.25) is 0 Å². The van der Waals surface area contributed by atoms with Crippen LogP contribution in [0.5, 0.6) is 0 Å². The van der Waals surface area contributed by atoms with E-state index in [2.05, 4.69) is 9.98 Å². The quantitative estimate of drug-likeness (QED) is 0.712. The predicted octanol–water partition coefficient (Wildman–Crippen LogP) is 0.506. The molecule has 1 aromatic heterocycles. The van der Waals surface area contributed by atoms with Gasteiger partial charge in [-0.2, -0.15) is 0 Å². The molecule has 22 heavy (non-hydrogen) atoms. The summed E-state index contributed by atoms with van der Waals surface area (Å²) in [5, 5.41) is 2.52. The molecule has 0 bridgehead atoms. The van der Waals surface area contributed by atoms with Crippen LogP contribution in [0.4, 0.5) is 0 Å². The van der Waals surface area contributed by atoms with Crippen molar-refractivity contribution in [2.75, 3.05) is 6.67 Å². The van der Waals surface area contributed by atoms with Crippen LogP contribution in [-0.4, -0.2) is 26.5 Å². The third-order valence-corrected chi connectivity index (χ3v) is 5.34. The molecule has 5 rings (SSSR count). The van der Waals surface area contributed by atoms with Gasteiger partial charge in [-0.3, -0.25) is 4.99 Å². The number of hydrogen-bond acceptors (Lipinski definition) is 5. The fraction of sp³-hybridized carbons (Fsp3) is 0.0625. The number of rotatable bonds is 0. The Morgan fingerprint density at radius 3 is 3.00 bits per heavy atom. The molecule has 0 fully saturated rings. The van der Waals surface area contributed by atoms with Gasteiger partial charge in [-0.15, -0.1) is 0 Å². The van der Waals surface area contributed by atoms with Gasteiger partial charge in [0.05, 0.1) is 11.1 Å². The lowest BCUT2D eigenvalue weighted by Gasteiger charge is -2.26. The number of para-hydroxylation sites is 1. The second-order valence-electron chi connectivity index (χ2n) is 5.20. The largest absolute Gasteiger partial charge is 0.311 e. The van der Waals surface area contributed by atoms with Crippen molar-refractivity contribution in [3.63, 3.8) is 0 Å². The van der Waals surface area contributed by atoms with E-state index in [1.807, 2.05) is 47.5 Å². The van der Waals surface area contributed by atoms with Crippen molar-refractivity contribution < 1.29 is 4.21 Å². The van der Waals surface area contributed by atoms with Gasteiger partial charge in [0, 0.05) is 23.2 Å². The molecular weight excluding hydrogens is 296 g/mol. The van der Waals surface area contributed by atoms with Gasteiger partial charge in [-0.05, 0) is 18.2 Å². The standard InChI is InChI=1S/C16H10N4OS/c21-22-14-13(11-5-3-7-17-16(11)22)18-9-20-8-10-4-1-2-6-12(10)19-15(14)20/h1-8H,9H2. The lowest BCUT2D eigenvalue weighted by Crippen LogP contribution is -2.37. The topological polar surface area (TPSA) is 57.9 Å². The molecule has 1 atom stereocenters. The molecule has 1 unspecified atom stereocenters. The summed E-state index contributed by atoms with van der Waals surface area (Å²) in [4.78, 5) is 16.2. The van der Waals surface area contributed by atoms with Crippen LogP contribution in [-0.2, 0) is 10.8 Å². The van der Waals surface area contributed by atoms with Crippen molar-refractivity contribution in [2.45, 2.75) is 5.03 Å². The van der Waals surface area contributed by atoms with Gasteiger partial charge in [-0.25, -0.2) is 14.2 Å². The van der Waals surface area contributed by atoms with Crippen LogP contribution in [0.3, 0.4) is 0 Å².